The van der Waals surface area contributed by atoms with E-state index in [0.717, 1.165) is 22.3 Å². The fourth-order valence-corrected chi connectivity index (χ4v) is 1.84. The first kappa shape index (κ1) is 11.9. The molecule has 4 nitrogen and oxygen atoms in total. The molecule has 0 aliphatic heterocycles. The van der Waals surface area contributed by atoms with Crippen molar-refractivity contribution in [3.8, 4) is 6.07 Å². The van der Waals surface area contributed by atoms with E-state index < -0.39 is 5.91 Å². The van der Waals surface area contributed by atoms with Crippen LogP contribution in [-0.2, 0) is 11.2 Å². The Morgan fingerprint density at radius 2 is 2.22 bits per heavy atom. The predicted octanol–water partition coefficient (Wildman–Crippen LogP) is 2.39. The van der Waals surface area contributed by atoms with Crippen molar-refractivity contribution in [2.24, 2.45) is 5.73 Å². The molecular formula is C14H12N2O2. The van der Waals surface area contributed by atoms with Gasteiger partial charge in [-0.15, -0.1) is 0 Å². The Hall–Kier alpha value is -2.54. The number of nitrogens with two attached hydrogens (primary N) is 1. The second kappa shape index (κ2) is 4.76. The smallest absolute Gasteiger partial charge is 0.259 e. The number of hydrogen-bond acceptors (Lipinski definition) is 3. The third-order valence-corrected chi connectivity index (χ3v) is 2.71. The summed E-state index contributed by atoms with van der Waals surface area (Å²) in [4.78, 5) is 11.1. The van der Waals surface area contributed by atoms with Gasteiger partial charge >= 0.3 is 0 Å². The minimum Gasteiger partial charge on any atom is -0.460 e. The van der Waals surface area contributed by atoms with Crippen LogP contribution in [0.15, 0.2) is 34.3 Å². The van der Waals surface area contributed by atoms with Crippen molar-refractivity contribution < 1.29 is 9.21 Å². The molecular weight excluding hydrogens is 228 g/mol. The van der Waals surface area contributed by atoms with Gasteiger partial charge in [0.2, 0.25) is 0 Å². The van der Waals surface area contributed by atoms with E-state index in [4.69, 9.17) is 15.4 Å². The van der Waals surface area contributed by atoms with Gasteiger partial charge in [-0.1, -0.05) is 25.1 Å². The lowest BCUT2D eigenvalue weighted by molar-refractivity contribution is -0.114. The number of aryl methyl sites for hydroxylation is 1. The monoisotopic (exact) mass is 240 g/mol. The fourth-order valence-electron chi connectivity index (χ4n) is 1.84. The summed E-state index contributed by atoms with van der Waals surface area (Å²) in [6, 6.07) is 9.29. The van der Waals surface area contributed by atoms with Crippen molar-refractivity contribution >= 4 is 23.0 Å². The van der Waals surface area contributed by atoms with Gasteiger partial charge in [-0.05, 0) is 12.1 Å². The molecule has 1 aromatic heterocycles. The molecule has 1 heterocycles. The Morgan fingerprint density at radius 3 is 2.83 bits per heavy atom. The highest BCUT2D eigenvalue weighted by molar-refractivity contribution is 6.03. The number of carbonyl (C=O) groups is 1. The molecule has 4 heteroatoms. The third kappa shape index (κ3) is 1.98. The Kier molecular flexibility index (Phi) is 3.16. The molecule has 1 aromatic carbocycles. The van der Waals surface area contributed by atoms with E-state index in [1.165, 1.54) is 6.08 Å². The van der Waals surface area contributed by atoms with Crippen LogP contribution in [0, 0.1) is 11.3 Å². The number of hydrogen-bond donors (Lipinski definition) is 1. The number of nitrogens with zero attached hydrogens (tertiary/aromatic N) is 1. The van der Waals surface area contributed by atoms with E-state index in [0.29, 0.717) is 6.42 Å². The fraction of sp³-hybridized carbons (Fsp3) is 0.143. The average molecular weight is 240 g/mol. The van der Waals surface area contributed by atoms with E-state index in [1.54, 1.807) is 6.07 Å². The second-order valence-corrected chi connectivity index (χ2v) is 3.82. The summed E-state index contributed by atoms with van der Waals surface area (Å²) < 4.78 is 5.67. The van der Waals surface area contributed by atoms with Gasteiger partial charge in [0.1, 0.15) is 23.0 Å². The Labute approximate surface area is 104 Å². The maximum absolute atomic E-state index is 11.1. The van der Waals surface area contributed by atoms with Gasteiger partial charge in [0.15, 0.2) is 0 Å². The molecule has 0 bridgehead atoms. The summed E-state index contributed by atoms with van der Waals surface area (Å²) in [6.45, 7) is 1.95. The zero-order valence-electron chi connectivity index (χ0n) is 9.93. The lowest BCUT2D eigenvalue weighted by Crippen LogP contribution is -2.12. The molecule has 0 atom stereocenters. The van der Waals surface area contributed by atoms with Crippen LogP contribution in [0.4, 0.5) is 0 Å². The minimum absolute atomic E-state index is 0.0729. The molecule has 0 unspecified atom stereocenters. The van der Waals surface area contributed by atoms with Gasteiger partial charge < -0.3 is 10.2 Å². The van der Waals surface area contributed by atoms with Crippen LogP contribution < -0.4 is 5.73 Å². The first-order valence-electron chi connectivity index (χ1n) is 5.59. The molecule has 0 saturated carbocycles. The highest BCUT2D eigenvalue weighted by Gasteiger charge is 2.13. The van der Waals surface area contributed by atoms with Crippen molar-refractivity contribution in [2.75, 3.05) is 0 Å². The molecule has 18 heavy (non-hydrogen) atoms. The number of nitriles is 1. The summed E-state index contributed by atoms with van der Waals surface area (Å²) in [5, 5.41) is 9.76. The number of amides is 1. The van der Waals surface area contributed by atoms with Crippen molar-refractivity contribution in [3.05, 3.63) is 41.2 Å². The standard InChI is InChI=1S/C14H12N2O2/c1-2-12-11(7-9(8-15)14(16)17)10-5-3-4-6-13(10)18-12/h3-7H,2H2,1H3,(H2,16,17)/b9-7-. The minimum atomic E-state index is -0.732. The van der Waals surface area contributed by atoms with Gasteiger partial charge in [0.05, 0.1) is 0 Å². The normalized spacial score (nSPS) is 11.4. The van der Waals surface area contributed by atoms with Gasteiger partial charge in [0, 0.05) is 17.4 Å². The highest BCUT2D eigenvalue weighted by atomic mass is 16.3. The highest BCUT2D eigenvalue weighted by Crippen LogP contribution is 2.28. The maximum atomic E-state index is 11.1. The molecule has 1 amide bonds. The largest absolute Gasteiger partial charge is 0.460 e. The Balaban J connectivity index is 2.70. The number of furan rings is 1. The number of fused-ring (bicyclic) bond motifs is 1. The lowest BCUT2D eigenvalue weighted by Gasteiger charge is -1.95. The van der Waals surface area contributed by atoms with Crippen molar-refractivity contribution in [2.45, 2.75) is 13.3 Å². The number of para-hydroxylation sites is 1. The van der Waals surface area contributed by atoms with Crippen LogP contribution in [0.25, 0.3) is 17.0 Å². The van der Waals surface area contributed by atoms with Gasteiger partial charge in [0.25, 0.3) is 5.91 Å². The van der Waals surface area contributed by atoms with Crippen LogP contribution in [0.5, 0.6) is 0 Å². The molecule has 2 rings (SSSR count). The van der Waals surface area contributed by atoms with Crippen molar-refractivity contribution in [1.29, 1.82) is 5.26 Å². The lowest BCUT2D eigenvalue weighted by atomic mass is 10.1. The second-order valence-electron chi connectivity index (χ2n) is 3.82. The van der Waals surface area contributed by atoms with Crippen molar-refractivity contribution in [1.82, 2.24) is 0 Å². The van der Waals surface area contributed by atoms with Crippen molar-refractivity contribution in [3.63, 3.8) is 0 Å². The number of rotatable bonds is 3. The first-order chi connectivity index (χ1) is 8.67. The molecule has 0 aliphatic carbocycles. The molecule has 2 aromatic rings. The first-order valence-corrected chi connectivity index (χ1v) is 5.59. The molecule has 90 valence electrons. The van der Waals surface area contributed by atoms with Crippen LogP contribution in [0.2, 0.25) is 0 Å². The maximum Gasteiger partial charge on any atom is 0.259 e. The molecule has 0 saturated heterocycles. The Bertz CT molecular complexity index is 675. The SMILES string of the molecule is CCc1oc2ccccc2c1/C=C(/C#N)C(N)=O. The number of benzene rings is 1. The molecule has 0 radical (unpaired) electrons. The summed E-state index contributed by atoms with van der Waals surface area (Å²) >= 11 is 0. The zero-order chi connectivity index (χ0) is 13.1. The summed E-state index contributed by atoms with van der Waals surface area (Å²) in [5.74, 6) is 0.00929. The predicted molar refractivity (Wildman–Crippen MR) is 68.4 cm³/mol. The van der Waals surface area contributed by atoms with Gasteiger partial charge in [-0.2, -0.15) is 5.26 Å². The average Bonchev–Trinajstić information content (AvgIpc) is 2.73. The van der Waals surface area contributed by atoms with Gasteiger partial charge in [-0.3, -0.25) is 4.79 Å². The summed E-state index contributed by atoms with van der Waals surface area (Å²) in [5.41, 5.74) is 6.56. The van der Waals surface area contributed by atoms with E-state index in [1.807, 2.05) is 31.2 Å². The summed E-state index contributed by atoms with van der Waals surface area (Å²) in [6.07, 6.45) is 2.17. The Morgan fingerprint density at radius 1 is 1.50 bits per heavy atom. The topological polar surface area (TPSA) is 80.0 Å². The van der Waals surface area contributed by atoms with E-state index in [9.17, 15) is 4.79 Å². The number of primary amides is 1. The van der Waals surface area contributed by atoms with Crippen LogP contribution in [0.1, 0.15) is 18.2 Å². The molecule has 2 N–H and O–H groups in total. The van der Waals surface area contributed by atoms with Crippen LogP contribution in [-0.4, -0.2) is 5.91 Å². The quantitative estimate of drug-likeness (QED) is 0.660. The summed E-state index contributed by atoms with van der Waals surface area (Å²) in [7, 11) is 0. The van der Waals surface area contributed by atoms with Crippen LogP contribution >= 0.6 is 0 Å². The third-order valence-electron chi connectivity index (χ3n) is 2.71. The van der Waals surface area contributed by atoms with E-state index in [2.05, 4.69) is 0 Å². The number of carbonyl (C=O) groups excluding carboxylic acids is 1. The molecule has 0 spiro atoms. The van der Waals surface area contributed by atoms with E-state index >= 15 is 0 Å². The van der Waals surface area contributed by atoms with Gasteiger partial charge in [-0.25, -0.2) is 0 Å². The van der Waals surface area contributed by atoms with E-state index in [-0.39, 0.29) is 5.57 Å². The molecule has 0 aliphatic rings. The molecule has 0 fully saturated rings. The zero-order valence-corrected chi connectivity index (χ0v) is 9.93. The van der Waals surface area contributed by atoms with Crippen LogP contribution in [0.3, 0.4) is 0 Å².